The van der Waals surface area contributed by atoms with Gasteiger partial charge in [0.05, 0.1) is 7.11 Å². The molecule has 0 aromatic heterocycles. The number of carbonyl (C=O) groups excluding carboxylic acids is 2. The van der Waals surface area contributed by atoms with E-state index in [0.29, 0.717) is 7.11 Å². The molecular weight excluding hydrogens is 243 g/mol. The Morgan fingerprint density at radius 1 is 1.41 bits per heavy atom. The van der Waals surface area contributed by atoms with E-state index in [0.717, 1.165) is 0 Å². The van der Waals surface area contributed by atoms with Gasteiger partial charge in [0.15, 0.2) is 0 Å². The molecule has 5 nitrogen and oxygen atoms in total. The van der Waals surface area contributed by atoms with Gasteiger partial charge in [-0.15, -0.1) is 0 Å². The Labute approximate surface area is 95.9 Å². The first-order valence-corrected chi connectivity index (χ1v) is 4.79. The molecule has 0 saturated carbocycles. The molecule has 0 aromatic rings. The van der Waals surface area contributed by atoms with Gasteiger partial charge in [0.2, 0.25) is 5.91 Å². The molecule has 0 aliphatic rings. The highest BCUT2D eigenvalue weighted by Gasteiger charge is 2.62. The number of aliphatic hydroxyl groups is 1. The van der Waals surface area contributed by atoms with Gasteiger partial charge < -0.3 is 15.2 Å². The molecule has 0 radical (unpaired) electrons. The number of hydrogen-bond donors (Lipinski definition) is 2. The minimum Gasteiger partial charge on any atom is -0.465 e. The molecule has 0 aromatic carbocycles. The lowest BCUT2D eigenvalue weighted by Crippen LogP contribution is -2.65. The van der Waals surface area contributed by atoms with E-state index in [9.17, 15) is 27.9 Å². The summed E-state index contributed by atoms with van der Waals surface area (Å²) < 4.78 is 41.3. The summed E-state index contributed by atoms with van der Waals surface area (Å²) in [5.74, 6) is -3.84. The third-order valence-corrected chi connectivity index (χ3v) is 2.26. The van der Waals surface area contributed by atoms with Gasteiger partial charge in [-0.3, -0.25) is 4.79 Å². The van der Waals surface area contributed by atoms with Gasteiger partial charge >= 0.3 is 17.9 Å². The minimum atomic E-state index is -5.36. The van der Waals surface area contributed by atoms with Crippen LogP contribution < -0.4 is 5.32 Å². The Kier molecular flexibility index (Phi) is 4.94. The molecule has 0 fully saturated rings. The summed E-state index contributed by atoms with van der Waals surface area (Å²) in [6, 6.07) is 0. The number of hydrogen-bond acceptors (Lipinski definition) is 4. The van der Waals surface area contributed by atoms with Crippen LogP contribution in [-0.4, -0.2) is 36.0 Å². The van der Waals surface area contributed by atoms with Crippen molar-refractivity contribution < 1.29 is 32.6 Å². The maximum Gasteiger partial charge on any atom is 0.448 e. The molecule has 0 saturated heterocycles. The molecule has 100 valence electrons. The quantitative estimate of drug-likeness (QED) is 0.570. The highest BCUT2D eigenvalue weighted by molar-refractivity contribution is 5.88. The van der Waals surface area contributed by atoms with Crippen molar-refractivity contribution in [2.24, 2.45) is 5.92 Å². The lowest BCUT2D eigenvalue weighted by molar-refractivity contribution is -0.270. The third kappa shape index (κ3) is 3.32. The zero-order valence-electron chi connectivity index (χ0n) is 9.59. The van der Waals surface area contributed by atoms with Crippen molar-refractivity contribution >= 4 is 11.9 Å². The van der Waals surface area contributed by atoms with Crippen molar-refractivity contribution in [3.8, 4) is 0 Å². The van der Waals surface area contributed by atoms with Crippen molar-refractivity contribution in [2.75, 3.05) is 7.11 Å². The monoisotopic (exact) mass is 257 g/mol. The normalized spacial score (nSPS) is 16.9. The molecule has 2 atom stereocenters. The largest absolute Gasteiger partial charge is 0.465 e. The fourth-order valence-electron chi connectivity index (χ4n) is 0.872. The first-order valence-electron chi connectivity index (χ1n) is 4.79. The predicted molar refractivity (Wildman–Crippen MR) is 50.6 cm³/mol. The number of methoxy groups -OCH3 is 1. The lowest BCUT2D eigenvalue weighted by atomic mass is 10.1. The average Bonchev–Trinajstić information content (AvgIpc) is 2.24. The molecule has 0 aliphatic heterocycles. The number of esters is 1. The van der Waals surface area contributed by atoms with E-state index in [1.807, 2.05) is 0 Å². The van der Waals surface area contributed by atoms with E-state index in [-0.39, 0.29) is 6.42 Å². The number of nitrogens with one attached hydrogen (secondary N) is 1. The van der Waals surface area contributed by atoms with Crippen molar-refractivity contribution in [1.29, 1.82) is 0 Å². The number of carbonyl (C=O) groups is 2. The first-order chi connectivity index (χ1) is 7.60. The number of rotatable bonds is 4. The molecule has 0 spiro atoms. The molecule has 0 heterocycles. The van der Waals surface area contributed by atoms with Crippen LogP contribution in [0.3, 0.4) is 0 Å². The smallest absolute Gasteiger partial charge is 0.448 e. The summed E-state index contributed by atoms with van der Waals surface area (Å²) in [5, 5.41) is 10.5. The molecule has 2 N–H and O–H groups in total. The van der Waals surface area contributed by atoms with Gasteiger partial charge in [-0.05, 0) is 6.42 Å². The minimum absolute atomic E-state index is 0.265. The highest BCUT2D eigenvalue weighted by Crippen LogP contribution is 2.29. The van der Waals surface area contributed by atoms with E-state index >= 15 is 0 Å². The molecule has 8 heteroatoms. The van der Waals surface area contributed by atoms with Crippen LogP contribution in [0.25, 0.3) is 0 Å². The molecule has 0 rings (SSSR count). The second-order valence-electron chi connectivity index (χ2n) is 3.50. The Balaban J connectivity index is 5.11. The van der Waals surface area contributed by atoms with Crippen molar-refractivity contribution in [3.05, 3.63) is 0 Å². The summed E-state index contributed by atoms with van der Waals surface area (Å²) in [6.07, 6.45) is -5.09. The Morgan fingerprint density at radius 3 is 2.18 bits per heavy atom. The standard InChI is InChI=1S/C9H14F3NO4/c1-4-5(2)6(14)13-8(16,7(15)17-3)9(10,11)12/h5,16H,4H2,1-3H3,(H,13,14)/t5-,8+/m0/s1. The number of halogens is 3. The van der Waals surface area contributed by atoms with Crippen LogP contribution >= 0.6 is 0 Å². The summed E-state index contributed by atoms with van der Waals surface area (Å²) >= 11 is 0. The van der Waals surface area contributed by atoms with E-state index in [1.165, 1.54) is 12.2 Å². The Morgan fingerprint density at radius 2 is 1.88 bits per heavy atom. The van der Waals surface area contributed by atoms with Gasteiger partial charge in [-0.1, -0.05) is 13.8 Å². The molecule has 1 amide bonds. The van der Waals surface area contributed by atoms with Crippen LogP contribution in [0.4, 0.5) is 13.2 Å². The lowest BCUT2D eigenvalue weighted by Gasteiger charge is -2.29. The fraction of sp³-hybridized carbons (Fsp3) is 0.778. The van der Waals surface area contributed by atoms with E-state index in [2.05, 4.69) is 4.74 Å². The number of ether oxygens (including phenoxy) is 1. The SMILES string of the molecule is CC[C@H](C)C(=O)N[C@@](O)(C(=O)OC)C(F)(F)F. The maximum absolute atomic E-state index is 12.5. The predicted octanol–water partition coefficient (Wildman–Crippen LogP) is 0.573. The van der Waals surface area contributed by atoms with E-state index < -0.39 is 29.7 Å². The Bertz CT molecular complexity index is 305. The van der Waals surface area contributed by atoms with Crippen molar-refractivity contribution in [2.45, 2.75) is 32.2 Å². The summed E-state index contributed by atoms with van der Waals surface area (Å²) in [7, 11) is 0.675. The number of amides is 1. The zero-order valence-corrected chi connectivity index (χ0v) is 9.59. The van der Waals surface area contributed by atoms with E-state index in [4.69, 9.17) is 0 Å². The van der Waals surface area contributed by atoms with E-state index in [1.54, 1.807) is 6.92 Å². The third-order valence-electron chi connectivity index (χ3n) is 2.26. The zero-order chi connectivity index (χ0) is 13.9. The van der Waals surface area contributed by atoms with Gasteiger partial charge in [0.25, 0.3) is 0 Å². The van der Waals surface area contributed by atoms with Gasteiger partial charge in [0, 0.05) is 5.92 Å². The summed E-state index contributed by atoms with van der Waals surface area (Å²) in [6.45, 7) is 2.94. The molecule has 17 heavy (non-hydrogen) atoms. The second-order valence-corrected chi connectivity index (χ2v) is 3.50. The molecule has 0 aliphatic carbocycles. The fourth-order valence-corrected chi connectivity index (χ4v) is 0.872. The van der Waals surface area contributed by atoms with Crippen molar-refractivity contribution in [1.82, 2.24) is 5.32 Å². The van der Waals surface area contributed by atoms with Crippen LogP contribution in [0.2, 0.25) is 0 Å². The van der Waals surface area contributed by atoms with Gasteiger partial charge in [0.1, 0.15) is 0 Å². The first kappa shape index (κ1) is 15.7. The van der Waals surface area contributed by atoms with Crippen molar-refractivity contribution in [3.63, 3.8) is 0 Å². The van der Waals surface area contributed by atoms with Gasteiger partial charge in [-0.25, -0.2) is 4.79 Å². The number of alkyl halides is 3. The van der Waals surface area contributed by atoms with Crippen LogP contribution in [0.5, 0.6) is 0 Å². The second kappa shape index (κ2) is 5.35. The maximum atomic E-state index is 12.5. The summed E-state index contributed by atoms with van der Waals surface area (Å²) in [4.78, 5) is 22.2. The van der Waals surface area contributed by atoms with Crippen LogP contribution in [-0.2, 0) is 14.3 Å². The van der Waals surface area contributed by atoms with Gasteiger partial charge in [-0.2, -0.15) is 13.2 Å². The molecular formula is C9H14F3NO4. The van der Waals surface area contributed by atoms with Crippen LogP contribution in [0, 0.1) is 5.92 Å². The summed E-state index contributed by atoms with van der Waals surface area (Å²) in [5.41, 5.74) is -4.01. The highest BCUT2D eigenvalue weighted by atomic mass is 19.4. The topological polar surface area (TPSA) is 75.6 Å². The average molecular weight is 257 g/mol. The molecule has 0 unspecified atom stereocenters. The van der Waals surface area contributed by atoms with Crippen LogP contribution in [0.1, 0.15) is 20.3 Å². The van der Waals surface area contributed by atoms with Crippen LogP contribution in [0.15, 0.2) is 0 Å². The Hall–Kier alpha value is -1.31. The molecule has 0 bridgehead atoms.